The molecule has 1 amide bonds. The largest absolute Gasteiger partial charge is 0.508 e. The summed E-state index contributed by atoms with van der Waals surface area (Å²) in [7, 11) is -3.35. The minimum Gasteiger partial charge on any atom is -0.508 e. The highest BCUT2D eigenvalue weighted by atomic mass is 32.2. The van der Waals surface area contributed by atoms with Crippen molar-refractivity contribution >= 4 is 15.9 Å². The lowest BCUT2D eigenvalue weighted by Gasteiger charge is -2.12. The molecule has 21 heavy (non-hydrogen) atoms. The van der Waals surface area contributed by atoms with E-state index in [2.05, 4.69) is 10.0 Å². The number of phenols is 1. The van der Waals surface area contributed by atoms with E-state index in [1.165, 1.54) is 12.1 Å². The number of benzene rings is 1. The topological polar surface area (TPSA) is 122 Å². The molecule has 0 aliphatic heterocycles. The fraction of sp³-hybridized carbons (Fsp3) is 0.462. The normalized spacial score (nSPS) is 12.9. The Hall–Kier alpha value is -1.64. The van der Waals surface area contributed by atoms with Crippen LogP contribution in [0.2, 0.25) is 0 Å². The predicted molar refractivity (Wildman–Crippen MR) is 80.3 cm³/mol. The number of aromatic hydroxyl groups is 1. The minimum absolute atomic E-state index is 0.0114. The lowest BCUT2D eigenvalue weighted by molar-refractivity contribution is -0.122. The first-order valence-electron chi connectivity index (χ1n) is 6.62. The number of amides is 1. The maximum Gasteiger partial charge on any atom is 0.237 e. The molecule has 118 valence electrons. The second-order valence-corrected chi connectivity index (χ2v) is 6.51. The average molecular weight is 315 g/mol. The quantitative estimate of drug-likeness (QED) is 0.506. The molecule has 0 saturated carbocycles. The van der Waals surface area contributed by atoms with Crippen LogP contribution >= 0.6 is 0 Å². The highest BCUT2D eigenvalue weighted by molar-refractivity contribution is 7.89. The summed E-state index contributed by atoms with van der Waals surface area (Å²) in [5, 5.41) is 11.7. The Morgan fingerprint density at radius 2 is 1.95 bits per heavy atom. The number of hydrogen-bond donors (Lipinski definition) is 4. The van der Waals surface area contributed by atoms with Crippen LogP contribution < -0.4 is 15.8 Å². The number of rotatable bonds is 8. The lowest BCUT2D eigenvalue weighted by atomic mass is 10.1. The molecule has 0 aliphatic rings. The zero-order valence-corrected chi connectivity index (χ0v) is 12.7. The van der Waals surface area contributed by atoms with E-state index in [0.29, 0.717) is 13.0 Å². The van der Waals surface area contributed by atoms with Crippen molar-refractivity contribution in [2.45, 2.75) is 19.4 Å². The van der Waals surface area contributed by atoms with E-state index in [9.17, 15) is 13.2 Å². The third-order valence-electron chi connectivity index (χ3n) is 2.76. The van der Waals surface area contributed by atoms with Gasteiger partial charge in [-0.15, -0.1) is 0 Å². The van der Waals surface area contributed by atoms with Gasteiger partial charge in [0.05, 0.1) is 11.8 Å². The first-order chi connectivity index (χ1) is 9.84. The number of nitrogens with two attached hydrogens (primary N) is 1. The number of hydrogen-bond acceptors (Lipinski definition) is 5. The number of carbonyl (C=O) groups is 1. The average Bonchev–Trinajstić information content (AvgIpc) is 2.40. The van der Waals surface area contributed by atoms with Crippen molar-refractivity contribution in [2.75, 3.05) is 18.8 Å². The lowest BCUT2D eigenvalue weighted by Crippen LogP contribution is -2.44. The van der Waals surface area contributed by atoms with E-state index < -0.39 is 22.0 Å². The summed E-state index contributed by atoms with van der Waals surface area (Å²) in [6.07, 6.45) is 0.312. The molecule has 5 N–H and O–H groups in total. The molecule has 0 radical (unpaired) electrons. The fourth-order valence-corrected chi connectivity index (χ4v) is 2.67. The molecular weight excluding hydrogens is 294 g/mol. The summed E-state index contributed by atoms with van der Waals surface area (Å²) in [4.78, 5) is 11.8. The molecule has 1 unspecified atom stereocenters. The van der Waals surface area contributed by atoms with Gasteiger partial charge in [0.25, 0.3) is 0 Å². The van der Waals surface area contributed by atoms with E-state index in [1.807, 2.05) is 0 Å². The first-order valence-corrected chi connectivity index (χ1v) is 8.28. The highest BCUT2D eigenvalue weighted by Crippen LogP contribution is 2.10. The van der Waals surface area contributed by atoms with Crippen molar-refractivity contribution < 1.29 is 18.3 Å². The van der Waals surface area contributed by atoms with Crippen LogP contribution in [0.5, 0.6) is 5.75 Å². The van der Waals surface area contributed by atoms with E-state index in [1.54, 1.807) is 19.1 Å². The number of phenolic OH excluding ortho intramolecular Hbond substituents is 1. The van der Waals surface area contributed by atoms with Crippen molar-refractivity contribution in [1.82, 2.24) is 10.0 Å². The van der Waals surface area contributed by atoms with Gasteiger partial charge in [0.1, 0.15) is 5.75 Å². The zero-order valence-electron chi connectivity index (χ0n) is 11.9. The van der Waals surface area contributed by atoms with Gasteiger partial charge in [-0.2, -0.15) is 0 Å². The molecule has 0 aromatic heterocycles. The van der Waals surface area contributed by atoms with Crippen molar-refractivity contribution in [3.63, 3.8) is 0 Å². The van der Waals surface area contributed by atoms with Gasteiger partial charge in [-0.05, 0) is 24.1 Å². The van der Waals surface area contributed by atoms with Gasteiger partial charge < -0.3 is 16.2 Å². The Morgan fingerprint density at radius 3 is 2.52 bits per heavy atom. The highest BCUT2D eigenvalue weighted by Gasteiger charge is 2.15. The van der Waals surface area contributed by atoms with E-state index >= 15 is 0 Å². The molecular formula is C13H21N3O4S. The van der Waals surface area contributed by atoms with Gasteiger partial charge in [-0.3, -0.25) is 4.79 Å². The van der Waals surface area contributed by atoms with Crippen molar-refractivity contribution in [2.24, 2.45) is 5.73 Å². The summed E-state index contributed by atoms with van der Waals surface area (Å²) < 4.78 is 25.1. The van der Waals surface area contributed by atoms with Crippen LogP contribution in [0.15, 0.2) is 24.3 Å². The van der Waals surface area contributed by atoms with Crippen molar-refractivity contribution in [3.8, 4) is 5.75 Å². The van der Waals surface area contributed by atoms with Crippen LogP contribution in [0.3, 0.4) is 0 Å². The van der Waals surface area contributed by atoms with E-state index in [0.717, 1.165) is 5.56 Å². The number of carbonyl (C=O) groups excluding carboxylic acids is 1. The van der Waals surface area contributed by atoms with Crippen LogP contribution in [0, 0.1) is 0 Å². The summed E-state index contributed by atoms with van der Waals surface area (Å²) in [6.45, 7) is 2.01. The molecule has 1 atom stereocenters. The zero-order chi connectivity index (χ0) is 15.9. The third kappa shape index (κ3) is 6.56. The van der Waals surface area contributed by atoms with Gasteiger partial charge in [-0.1, -0.05) is 19.1 Å². The van der Waals surface area contributed by atoms with Crippen LogP contribution in [0.25, 0.3) is 0 Å². The molecule has 0 fully saturated rings. The standard InChI is InChI=1S/C13H21N3O4S/c1-2-16-21(19,20)8-7-15-13(18)12(14)9-10-3-5-11(17)6-4-10/h3-6,12,16-17H,2,7-9,14H2,1H3,(H,15,18). The van der Waals surface area contributed by atoms with Crippen LogP contribution in [-0.4, -0.2) is 44.3 Å². The molecule has 0 aliphatic carbocycles. The number of nitrogens with one attached hydrogen (secondary N) is 2. The van der Waals surface area contributed by atoms with Gasteiger partial charge in [0.15, 0.2) is 0 Å². The second-order valence-electron chi connectivity index (χ2n) is 4.58. The maximum absolute atomic E-state index is 11.8. The Bertz CT molecular complexity index is 557. The Labute approximate surface area is 124 Å². The van der Waals surface area contributed by atoms with Crippen molar-refractivity contribution in [1.29, 1.82) is 0 Å². The van der Waals surface area contributed by atoms with Crippen molar-refractivity contribution in [3.05, 3.63) is 29.8 Å². The molecule has 7 nitrogen and oxygen atoms in total. The molecule has 0 heterocycles. The third-order valence-corrected chi connectivity index (χ3v) is 4.23. The molecule has 1 aromatic carbocycles. The fourth-order valence-electron chi connectivity index (χ4n) is 1.71. The summed E-state index contributed by atoms with van der Waals surface area (Å²) >= 11 is 0. The first kappa shape index (κ1) is 17.4. The monoisotopic (exact) mass is 315 g/mol. The number of sulfonamides is 1. The molecule has 0 saturated heterocycles. The molecule has 1 aromatic rings. The Kier molecular flexibility index (Phi) is 6.60. The summed E-state index contributed by atoms with van der Waals surface area (Å²) in [5.74, 6) is -0.446. The van der Waals surface area contributed by atoms with Crippen LogP contribution in [-0.2, 0) is 21.2 Å². The summed E-state index contributed by atoms with van der Waals surface area (Å²) in [6, 6.07) is 5.62. The van der Waals surface area contributed by atoms with Gasteiger partial charge in [0, 0.05) is 13.1 Å². The predicted octanol–water partition coefficient (Wildman–Crippen LogP) is -0.682. The van der Waals surface area contributed by atoms with E-state index in [4.69, 9.17) is 10.8 Å². The molecule has 8 heteroatoms. The molecule has 0 spiro atoms. The Balaban J connectivity index is 2.39. The van der Waals surface area contributed by atoms with Gasteiger partial charge >= 0.3 is 0 Å². The van der Waals surface area contributed by atoms with Gasteiger partial charge in [0.2, 0.25) is 15.9 Å². The summed E-state index contributed by atoms with van der Waals surface area (Å²) in [5.41, 5.74) is 6.57. The van der Waals surface area contributed by atoms with E-state index in [-0.39, 0.29) is 18.0 Å². The Morgan fingerprint density at radius 1 is 1.33 bits per heavy atom. The SMILES string of the molecule is CCNS(=O)(=O)CCNC(=O)C(N)Cc1ccc(O)cc1. The molecule has 0 bridgehead atoms. The minimum atomic E-state index is -3.35. The maximum atomic E-state index is 11.8. The second kappa shape index (κ2) is 7.96. The molecule has 1 rings (SSSR count). The smallest absolute Gasteiger partial charge is 0.237 e. The van der Waals surface area contributed by atoms with Gasteiger partial charge in [-0.25, -0.2) is 13.1 Å². The van der Waals surface area contributed by atoms with Crippen LogP contribution in [0.1, 0.15) is 12.5 Å². The van der Waals surface area contributed by atoms with Crippen LogP contribution in [0.4, 0.5) is 0 Å².